The molecule has 1 fully saturated rings. The highest BCUT2D eigenvalue weighted by Crippen LogP contribution is 2.46. The van der Waals surface area contributed by atoms with Crippen LogP contribution in [0.25, 0.3) is 0 Å². The molecule has 2 aliphatic rings. The highest BCUT2D eigenvalue weighted by molar-refractivity contribution is 6.03. The van der Waals surface area contributed by atoms with Gasteiger partial charge in [-0.05, 0) is 40.0 Å². The zero-order valence-electron chi connectivity index (χ0n) is 10.3. The van der Waals surface area contributed by atoms with Gasteiger partial charge < -0.3 is 9.84 Å². The summed E-state index contributed by atoms with van der Waals surface area (Å²) in [6.45, 7) is 5.23. The molecule has 0 unspecified atom stereocenters. The minimum absolute atomic E-state index is 0.0143. The van der Waals surface area contributed by atoms with Gasteiger partial charge in [0.2, 0.25) is 0 Å². The molecule has 1 aliphatic carbocycles. The van der Waals surface area contributed by atoms with E-state index >= 15 is 0 Å². The van der Waals surface area contributed by atoms with Gasteiger partial charge in [0, 0.05) is 6.08 Å². The van der Waals surface area contributed by atoms with Crippen molar-refractivity contribution >= 4 is 12.0 Å². The molecule has 1 aliphatic heterocycles. The Morgan fingerprint density at radius 1 is 1.47 bits per heavy atom. The predicted octanol–water partition coefficient (Wildman–Crippen LogP) is 2.13. The third-order valence-corrected chi connectivity index (χ3v) is 3.14. The lowest BCUT2D eigenvalue weighted by Gasteiger charge is -2.44. The first-order valence-corrected chi connectivity index (χ1v) is 5.75. The van der Waals surface area contributed by atoms with Gasteiger partial charge in [0.1, 0.15) is 16.9 Å². The average molecular weight is 239 g/mol. The van der Waals surface area contributed by atoms with Crippen LogP contribution in [0.4, 0.5) is 4.79 Å². The van der Waals surface area contributed by atoms with Crippen molar-refractivity contribution in [1.29, 1.82) is 0 Å². The third-order valence-electron chi connectivity index (χ3n) is 3.14. The summed E-state index contributed by atoms with van der Waals surface area (Å²) in [5.41, 5.74) is -1.47. The summed E-state index contributed by atoms with van der Waals surface area (Å²) < 4.78 is 5.19. The van der Waals surface area contributed by atoms with Gasteiger partial charge in [-0.25, -0.2) is 9.69 Å². The molecule has 2 amide bonds. The van der Waals surface area contributed by atoms with Crippen LogP contribution in [0.15, 0.2) is 11.8 Å². The number of amides is 2. The van der Waals surface area contributed by atoms with Gasteiger partial charge in [-0.2, -0.15) is 0 Å². The Balaban J connectivity index is 2.21. The summed E-state index contributed by atoms with van der Waals surface area (Å²) in [4.78, 5) is 24.7. The number of ether oxygens (including phenoxy) is 1. The maximum absolute atomic E-state index is 12.0. The molecule has 0 saturated heterocycles. The van der Waals surface area contributed by atoms with Crippen molar-refractivity contribution in [2.24, 2.45) is 0 Å². The Labute approximate surface area is 100 Å². The molecule has 1 saturated carbocycles. The summed E-state index contributed by atoms with van der Waals surface area (Å²) in [5, 5.41) is 9.78. The molecule has 5 nitrogen and oxygen atoms in total. The summed E-state index contributed by atoms with van der Waals surface area (Å²) in [7, 11) is 0. The van der Waals surface area contributed by atoms with Crippen molar-refractivity contribution < 1.29 is 19.4 Å². The number of hydrogen-bond donors (Lipinski definition) is 1. The molecule has 0 bridgehead atoms. The van der Waals surface area contributed by atoms with E-state index in [-0.39, 0.29) is 5.76 Å². The zero-order valence-corrected chi connectivity index (χ0v) is 10.3. The molecule has 1 heterocycles. The Bertz CT molecular complexity index is 401. The number of imide groups is 1. The van der Waals surface area contributed by atoms with E-state index in [1.807, 2.05) is 0 Å². The van der Waals surface area contributed by atoms with Gasteiger partial charge in [0.25, 0.3) is 5.91 Å². The molecule has 1 N–H and O–H groups in total. The van der Waals surface area contributed by atoms with E-state index in [9.17, 15) is 14.7 Å². The first kappa shape index (κ1) is 12.0. The summed E-state index contributed by atoms with van der Waals surface area (Å²) in [6, 6.07) is 0. The maximum Gasteiger partial charge on any atom is 0.418 e. The van der Waals surface area contributed by atoms with Gasteiger partial charge in [0.05, 0.1) is 0 Å². The number of nitrogens with zero attached hydrogens (tertiary/aromatic N) is 1. The van der Waals surface area contributed by atoms with Crippen molar-refractivity contribution in [2.75, 3.05) is 0 Å². The molecule has 0 aromatic carbocycles. The molecule has 0 aromatic rings. The van der Waals surface area contributed by atoms with Crippen LogP contribution in [0.5, 0.6) is 0 Å². The van der Waals surface area contributed by atoms with E-state index in [0.29, 0.717) is 12.8 Å². The van der Waals surface area contributed by atoms with Crippen molar-refractivity contribution in [2.45, 2.75) is 51.2 Å². The summed E-state index contributed by atoms with van der Waals surface area (Å²) in [5.74, 6) is -0.504. The Morgan fingerprint density at radius 2 is 2.06 bits per heavy atom. The standard InChI is InChI=1S/C12H17NO4/c1-11(2,3)17-10(16)13-9(15)7-8(14)12(13)5-4-6-12/h7,14H,4-6H2,1-3H3. The number of hydrogen-bond acceptors (Lipinski definition) is 4. The molecule has 17 heavy (non-hydrogen) atoms. The number of rotatable bonds is 0. The van der Waals surface area contributed by atoms with Gasteiger partial charge >= 0.3 is 6.09 Å². The lowest BCUT2D eigenvalue weighted by atomic mass is 9.75. The fourth-order valence-corrected chi connectivity index (χ4v) is 2.21. The number of carbonyl (C=O) groups excluding carboxylic acids is 2. The second kappa shape index (κ2) is 3.48. The minimum atomic E-state index is -0.820. The smallest absolute Gasteiger partial charge is 0.418 e. The summed E-state index contributed by atoms with van der Waals surface area (Å²) in [6.07, 6.45) is 2.55. The Kier molecular flexibility index (Phi) is 2.45. The van der Waals surface area contributed by atoms with Crippen LogP contribution >= 0.6 is 0 Å². The van der Waals surface area contributed by atoms with Gasteiger partial charge in [-0.3, -0.25) is 4.79 Å². The van der Waals surface area contributed by atoms with Crippen LogP contribution in [-0.2, 0) is 9.53 Å². The molecule has 0 aromatic heterocycles. The highest BCUT2D eigenvalue weighted by Gasteiger charge is 2.56. The molecule has 2 rings (SSSR count). The number of aliphatic hydroxyl groups excluding tert-OH is 1. The van der Waals surface area contributed by atoms with E-state index in [0.717, 1.165) is 17.4 Å². The van der Waals surface area contributed by atoms with Gasteiger partial charge in [-0.1, -0.05) is 0 Å². The summed E-state index contributed by atoms with van der Waals surface area (Å²) >= 11 is 0. The molecule has 5 heteroatoms. The fraction of sp³-hybridized carbons (Fsp3) is 0.667. The lowest BCUT2D eigenvalue weighted by Crippen LogP contribution is -2.56. The lowest BCUT2D eigenvalue weighted by molar-refractivity contribution is -0.130. The van der Waals surface area contributed by atoms with E-state index in [1.54, 1.807) is 20.8 Å². The van der Waals surface area contributed by atoms with Gasteiger partial charge in [0.15, 0.2) is 0 Å². The van der Waals surface area contributed by atoms with Crippen LogP contribution in [0.3, 0.4) is 0 Å². The average Bonchev–Trinajstić information content (AvgIpc) is 2.32. The van der Waals surface area contributed by atoms with Crippen molar-refractivity contribution in [3.05, 3.63) is 11.8 Å². The third kappa shape index (κ3) is 1.79. The van der Waals surface area contributed by atoms with E-state index < -0.39 is 23.1 Å². The van der Waals surface area contributed by atoms with Crippen molar-refractivity contribution in [1.82, 2.24) is 4.90 Å². The molecule has 94 valence electrons. The van der Waals surface area contributed by atoms with Crippen molar-refractivity contribution in [3.63, 3.8) is 0 Å². The van der Waals surface area contributed by atoms with Crippen LogP contribution in [0.1, 0.15) is 40.0 Å². The predicted molar refractivity (Wildman–Crippen MR) is 60.4 cm³/mol. The zero-order chi connectivity index (χ0) is 12.8. The minimum Gasteiger partial charge on any atom is -0.510 e. The number of carbonyl (C=O) groups is 2. The topological polar surface area (TPSA) is 66.8 Å². The normalized spacial score (nSPS) is 22.4. The Morgan fingerprint density at radius 3 is 2.47 bits per heavy atom. The first-order valence-electron chi connectivity index (χ1n) is 5.75. The van der Waals surface area contributed by atoms with Crippen LogP contribution in [-0.4, -0.2) is 33.1 Å². The first-order chi connectivity index (χ1) is 7.76. The fourth-order valence-electron chi connectivity index (χ4n) is 2.21. The second-order valence-corrected chi connectivity index (χ2v) is 5.57. The maximum atomic E-state index is 12.0. The van der Waals surface area contributed by atoms with E-state index in [1.165, 1.54) is 0 Å². The molecule has 1 spiro atoms. The highest BCUT2D eigenvalue weighted by atomic mass is 16.6. The van der Waals surface area contributed by atoms with Crippen LogP contribution < -0.4 is 0 Å². The monoisotopic (exact) mass is 239 g/mol. The van der Waals surface area contributed by atoms with Crippen molar-refractivity contribution in [3.8, 4) is 0 Å². The van der Waals surface area contributed by atoms with E-state index in [4.69, 9.17) is 4.74 Å². The second-order valence-electron chi connectivity index (χ2n) is 5.57. The van der Waals surface area contributed by atoms with E-state index in [2.05, 4.69) is 0 Å². The molecule has 0 atom stereocenters. The SMILES string of the molecule is CC(C)(C)OC(=O)N1C(=O)C=C(O)C12CCC2. The van der Waals surface area contributed by atoms with Crippen LogP contribution in [0.2, 0.25) is 0 Å². The van der Waals surface area contributed by atoms with Crippen LogP contribution in [0, 0.1) is 0 Å². The molecule has 0 radical (unpaired) electrons. The quantitative estimate of drug-likeness (QED) is 0.703. The van der Waals surface area contributed by atoms with Gasteiger partial charge in [-0.15, -0.1) is 0 Å². The number of aliphatic hydroxyl groups is 1. The molecular formula is C12H17NO4. The molecular weight excluding hydrogens is 222 g/mol. The Hall–Kier alpha value is -1.52. The largest absolute Gasteiger partial charge is 0.510 e.